The Kier molecular flexibility index (Phi) is 6.03. The number of para-hydroxylation sites is 2. The van der Waals surface area contributed by atoms with E-state index < -0.39 is 9.84 Å². The van der Waals surface area contributed by atoms with Crippen LogP contribution in [0.3, 0.4) is 0 Å². The summed E-state index contributed by atoms with van der Waals surface area (Å²) in [5.41, 5.74) is 1.41. The third-order valence-electron chi connectivity index (χ3n) is 3.78. The van der Waals surface area contributed by atoms with Crippen LogP contribution in [-0.2, 0) is 9.84 Å². The Balaban J connectivity index is 2.09. The van der Waals surface area contributed by atoms with Gasteiger partial charge in [-0.1, -0.05) is 31.2 Å². The molecular weight excluding hydrogens is 340 g/mol. The van der Waals surface area contributed by atoms with Gasteiger partial charge in [0.1, 0.15) is 5.75 Å². The van der Waals surface area contributed by atoms with Crippen molar-refractivity contribution in [2.24, 2.45) is 0 Å². The van der Waals surface area contributed by atoms with E-state index in [9.17, 15) is 13.2 Å². The molecule has 0 saturated carbocycles. The number of sulfone groups is 1. The molecule has 0 aliphatic carbocycles. The zero-order valence-corrected chi connectivity index (χ0v) is 15.3. The third kappa shape index (κ3) is 4.96. The fourth-order valence-corrected chi connectivity index (χ4v) is 3.06. The summed E-state index contributed by atoms with van der Waals surface area (Å²) in [6.45, 7) is 1.94. The molecular formula is C18H22N2O4S. The molecule has 1 atom stereocenters. The summed E-state index contributed by atoms with van der Waals surface area (Å²) in [6, 6.07) is 13.1. The number of benzene rings is 2. The van der Waals surface area contributed by atoms with Crippen LogP contribution in [0.1, 0.15) is 24.9 Å². The van der Waals surface area contributed by atoms with Gasteiger partial charge in [0, 0.05) is 6.26 Å². The van der Waals surface area contributed by atoms with Crippen molar-refractivity contribution in [1.82, 2.24) is 5.32 Å². The molecule has 0 fully saturated rings. The maximum absolute atomic E-state index is 12.3. The SMILES string of the molecule is CCC(NC(=O)Nc1ccccc1OC)c1ccc(S(C)(=O)=O)cc1. The van der Waals surface area contributed by atoms with Crippen molar-refractivity contribution in [3.8, 4) is 5.75 Å². The minimum absolute atomic E-state index is 0.233. The monoisotopic (exact) mass is 362 g/mol. The van der Waals surface area contributed by atoms with Gasteiger partial charge in [-0.3, -0.25) is 0 Å². The lowest BCUT2D eigenvalue weighted by Gasteiger charge is -2.19. The highest BCUT2D eigenvalue weighted by molar-refractivity contribution is 7.90. The second kappa shape index (κ2) is 8.02. The largest absolute Gasteiger partial charge is 0.495 e. The quantitative estimate of drug-likeness (QED) is 0.825. The van der Waals surface area contributed by atoms with E-state index in [-0.39, 0.29) is 17.0 Å². The number of methoxy groups -OCH3 is 1. The van der Waals surface area contributed by atoms with Crippen molar-refractivity contribution < 1.29 is 17.9 Å². The Morgan fingerprint density at radius 3 is 2.32 bits per heavy atom. The van der Waals surface area contributed by atoms with E-state index in [1.165, 1.54) is 7.11 Å². The lowest BCUT2D eigenvalue weighted by molar-refractivity contribution is 0.248. The number of carbonyl (C=O) groups excluding carboxylic acids is 1. The van der Waals surface area contributed by atoms with Gasteiger partial charge in [-0.2, -0.15) is 0 Å². The molecule has 7 heteroatoms. The van der Waals surface area contributed by atoms with Crippen LogP contribution in [0.4, 0.5) is 10.5 Å². The molecule has 2 aromatic carbocycles. The van der Waals surface area contributed by atoms with E-state index in [1.807, 2.05) is 13.0 Å². The highest BCUT2D eigenvalue weighted by Crippen LogP contribution is 2.24. The maximum atomic E-state index is 12.3. The molecule has 0 radical (unpaired) electrons. The lowest BCUT2D eigenvalue weighted by atomic mass is 10.1. The number of anilines is 1. The summed E-state index contributed by atoms with van der Waals surface area (Å²) in [6.07, 6.45) is 1.83. The second-order valence-electron chi connectivity index (χ2n) is 5.60. The van der Waals surface area contributed by atoms with Gasteiger partial charge < -0.3 is 15.4 Å². The average Bonchev–Trinajstić information content (AvgIpc) is 2.59. The summed E-state index contributed by atoms with van der Waals surface area (Å²) in [5, 5.41) is 5.65. The Labute approximate surface area is 148 Å². The molecule has 1 unspecified atom stereocenters. The lowest BCUT2D eigenvalue weighted by Crippen LogP contribution is -2.32. The van der Waals surface area contributed by atoms with E-state index in [0.717, 1.165) is 11.8 Å². The number of rotatable bonds is 6. The first-order valence-electron chi connectivity index (χ1n) is 7.85. The van der Waals surface area contributed by atoms with Gasteiger partial charge >= 0.3 is 6.03 Å². The first-order valence-corrected chi connectivity index (χ1v) is 9.75. The number of amides is 2. The van der Waals surface area contributed by atoms with Crippen LogP contribution in [-0.4, -0.2) is 27.8 Å². The fourth-order valence-electron chi connectivity index (χ4n) is 2.43. The molecule has 2 N–H and O–H groups in total. The molecule has 2 aromatic rings. The summed E-state index contributed by atoms with van der Waals surface area (Å²) in [7, 11) is -1.70. The molecule has 0 aliphatic rings. The van der Waals surface area contributed by atoms with Crippen molar-refractivity contribution in [3.05, 3.63) is 54.1 Å². The number of carbonyl (C=O) groups is 1. The Hall–Kier alpha value is -2.54. The number of hydrogen-bond acceptors (Lipinski definition) is 4. The average molecular weight is 362 g/mol. The van der Waals surface area contributed by atoms with Crippen LogP contribution in [0.2, 0.25) is 0 Å². The van der Waals surface area contributed by atoms with Gasteiger partial charge in [0.2, 0.25) is 0 Å². The first kappa shape index (κ1) is 18.8. The predicted molar refractivity (Wildman–Crippen MR) is 97.7 cm³/mol. The Morgan fingerprint density at radius 1 is 1.12 bits per heavy atom. The molecule has 0 bridgehead atoms. The van der Waals surface area contributed by atoms with E-state index >= 15 is 0 Å². The number of nitrogens with one attached hydrogen (secondary N) is 2. The molecule has 2 amide bonds. The molecule has 0 aliphatic heterocycles. The van der Waals surface area contributed by atoms with Crippen LogP contribution >= 0.6 is 0 Å². The molecule has 134 valence electrons. The standard InChI is InChI=1S/C18H22N2O4S/c1-4-15(13-9-11-14(12-10-13)25(3,22)23)19-18(21)20-16-7-5-6-8-17(16)24-2/h5-12,15H,4H2,1-3H3,(H2,19,20,21). The van der Waals surface area contributed by atoms with Gasteiger partial charge in [0.05, 0.1) is 23.7 Å². The van der Waals surface area contributed by atoms with Gasteiger partial charge in [0.25, 0.3) is 0 Å². The van der Waals surface area contributed by atoms with Crippen molar-refractivity contribution in [3.63, 3.8) is 0 Å². The summed E-state index contributed by atoms with van der Waals surface area (Å²) < 4.78 is 28.3. The van der Waals surface area contributed by atoms with Gasteiger partial charge in [-0.15, -0.1) is 0 Å². The minimum atomic E-state index is -3.24. The first-order chi connectivity index (χ1) is 11.8. The molecule has 6 nitrogen and oxygen atoms in total. The molecule has 0 saturated heterocycles. The summed E-state index contributed by atoms with van der Waals surface area (Å²) in [5.74, 6) is 0.572. The fraction of sp³-hybridized carbons (Fsp3) is 0.278. The van der Waals surface area contributed by atoms with Crippen LogP contribution in [0.25, 0.3) is 0 Å². The van der Waals surface area contributed by atoms with E-state index in [1.54, 1.807) is 42.5 Å². The van der Waals surface area contributed by atoms with Crippen molar-refractivity contribution in [2.75, 3.05) is 18.7 Å². The van der Waals surface area contributed by atoms with Crippen molar-refractivity contribution in [2.45, 2.75) is 24.3 Å². The molecule has 0 heterocycles. The summed E-state index contributed by atoms with van der Waals surface area (Å²) in [4.78, 5) is 12.5. The second-order valence-corrected chi connectivity index (χ2v) is 7.62. The van der Waals surface area contributed by atoms with Crippen LogP contribution in [0.15, 0.2) is 53.4 Å². The normalized spacial score (nSPS) is 12.3. The Morgan fingerprint density at radius 2 is 1.76 bits per heavy atom. The van der Waals surface area contributed by atoms with E-state index in [2.05, 4.69) is 10.6 Å². The molecule has 2 rings (SSSR count). The molecule has 0 aromatic heterocycles. The van der Waals surface area contributed by atoms with Crippen LogP contribution < -0.4 is 15.4 Å². The van der Waals surface area contributed by atoms with Gasteiger partial charge in [0.15, 0.2) is 9.84 Å². The van der Waals surface area contributed by atoms with Crippen LogP contribution in [0.5, 0.6) is 5.75 Å². The zero-order valence-electron chi connectivity index (χ0n) is 14.4. The van der Waals surface area contributed by atoms with Gasteiger partial charge in [-0.05, 0) is 36.2 Å². The highest BCUT2D eigenvalue weighted by atomic mass is 32.2. The third-order valence-corrected chi connectivity index (χ3v) is 4.91. The number of ether oxygens (including phenoxy) is 1. The topological polar surface area (TPSA) is 84.5 Å². The number of hydrogen-bond donors (Lipinski definition) is 2. The smallest absolute Gasteiger partial charge is 0.319 e. The number of urea groups is 1. The summed E-state index contributed by atoms with van der Waals surface area (Å²) >= 11 is 0. The van der Waals surface area contributed by atoms with Crippen LogP contribution in [0, 0.1) is 0 Å². The van der Waals surface area contributed by atoms with Crippen molar-refractivity contribution >= 4 is 21.6 Å². The minimum Gasteiger partial charge on any atom is -0.495 e. The molecule has 25 heavy (non-hydrogen) atoms. The highest BCUT2D eigenvalue weighted by Gasteiger charge is 2.15. The van der Waals surface area contributed by atoms with E-state index in [4.69, 9.17) is 4.74 Å². The van der Waals surface area contributed by atoms with E-state index in [0.29, 0.717) is 17.9 Å². The molecule has 0 spiro atoms. The Bertz CT molecular complexity index is 832. The maximum Gasteiger partial charge on any atom is 0.319 e. The van der Waals surface area contributed by atoms with Gasteiger partial charge in [-0.25, -0.2) is 13.2 Å². The zero-order chi connectivity index (χ0) is 18.4. The van der Waals surface area contributed by atoms with Crippen molar-refractivity contribution in [1.29, 1.82) is 0 Å². The predicted octanol–water partition coefficient (Wildman–Crippen LogP) is 3.37.